The van der Waals surface area contributed by atoms with Crippen LogP contribution in [0.15, 0.2) is 0 Å². The Kier molecular flexibility index (Phi) is 4.87. The van der Waals surface area contributed by atoms with E-state index in [2.05, 4.69) is 3.63 Å². The fraction of sp³-hybridized carbons (Fsp3) is 1.00. The molecule has 0 aliphatic carbocycles. The van der Waals surface area contributed by atoms with Crippen molar-refractivity contribution in [3.63, 3.8) is 0 Å². The van der Waals surface area contributed by atoms with Crippen LogP contribution >= 0.6 is 10.3 Å². The zero-order chi connectivity index (χ0) is 13.4. The molecule has 100 valence electrons. The summed E-state index contributed by atoms with van der Waals surface area (Å²) in [7, 11) is -7.67. The van der Waals surface area contributed by atoms with Crippen molar-refractivity contribution in [3.05, 3.63) is 0 Å². The Hall–Kier alpha value is 0.593. The molecular weight excluding hydrogens is 326 g/mol. The average molecular weight is 343 g/mol. The van der Waals surface area contributed by atoms with Crippen LogP contribution in [0.4, 0.5) is 13.2 Å². The molecule has 0 aromatic heterocycles. The molecule has 0 fully saturated rings. The van der Waals surface area contributed by atoms with Crippen molar-refractivity contribution in [1.82, 2.24) is 0 Å². The summed E-state index contributed by atoms with van der Waals surface area (Å²) >= 11 is -2.15. The van der Waals surface area contributed by atoms with Crippen molar-refractivity contribution in [3.8, 4) is 0 Å². The minimum absolute atomic E-state index is 0.461. The van der Waals surface area contributed by atoms with Gasteiger partial charge in [-0.15, -0.1) is 0 Å². The van der Waals surface area contributed by atoms with Gasteiger partial charge in [0.2, 0.25) is 0 Å². The van der Waals surface area contributed by atoms with E-state index in [1.807, 2.05) is 17.3 Å². The molecule has 0 aromatic rings. The van der Waals surface area contributed by atoms with Gasteiger partial charge < -0.3 is 0 Å². The topological polar surface area (TPSA) is 43.4 Å². The van der Waals surface area contributed by atoms with E-state index in [1.165, 1.54) is 12.5 Å². The molecule has 0 unspecified atom stereocenters. The molecule has 0 aromatic carbocycles. The summed E-state index contributed by atoms with van der Waals surface area (Å²) in [6.45, 7) is 0. The summed E-state index contributed by atoms with van der Waals surface area (Å²) in [5.41, 5.74) is -5.33. The van der Waals surface area contributed by atoms with Gasteiger partial charge in [0, 0.05) is 0 Å². The number of rotatable bonds is 4. The van der Waals surface area contributed by atoms with E-state index in [4.69, 9.17) is 0 Å². The minimum atomic E-state index is -5.46. The van der Waals surface area contributed by atoms with E-state index >= 15 is 0 Å². The maximum atomic E-state index is 12.1. The molecule has 0 N–H and O–H groups in total. The molecule has 9 heteroatoms. The third kappa shape index (κ3) is 5.78. The Morgan fingerprint density at radius 1 is 1.12 bits per heavy atom. The summed E-state index contributed by atoms with van der Waals surface area (Å²) in [6, 6.07) is 0. The predicted molar refractivity (Wildman–Crippen MR) is 63.7 cm³/mol. The molecular formula is C7H17F3GeO3S2. The third-order valence-electron chi connectivity index (χ3n) is 1.34. The summed E-state index contributed by atoms with van der Waals surface area (Å²) in [6.07, 6.45) is 2.90. The first-order valence-corrected chi connectivity index (χ1v) is 16.1. The van der Waals surface area contributed by atoms with Crippen LogP contribution in [0.2, 0.25) is 17.3 Å². The standard InChI is InChI=1S/C7H17F3GeO3S2/c1-11(2,3)6-15(4,5)14-16(12,13)7(8,9)10/h6H2,1-5H3. The van der Waals surface area contributed by atoms with Crippen molar-refractivity contribution >= 4 is 33.7 Å². The first kappa shape index (κ1) is 16.6. The van der Waals surface area contributed by atoms with Gasteiger partial charge in [0.05, 0.1) is 0 Å². The number of halogens is 3. The van der Waals surface area contributed by atoms with Crippen LogP contribution in [0.3, 0.4) is 0 Å². The van der Waals surface area contributed by atoms with Crippen LogP contribution in [0.25, 0.3) is 0 Å². The van der Waals surface area contributed by atoms with Gasteiger partial charge >= 0.3 is 98.8 Å². The second-order valence-corrected chi connectivity index (χ2v) is 22.7. The van der Waals surface area contributed by atoms with E-state index in [9.17, 15) is 21.6 Å². The molecule has 0 saturated heterocycles. The van der Waals surface area contributed by atoms with Gasteiger partial charge in [0.1, 0.15) is 0 Å². The van der Waals surface area contributed by atoms with E-state index in [1.54, 1.807) is 0 Å². The molecule has 0 rings (SSSR count). The Bertz CT molecular complexity index is 343. The van der Waals surface area contributed by atoms with Crippen molar-refractivity contribution in [1.29, 1.82) is 0 Å². The Morgan fingerprint density at radius 3 is 1.75 bits per heavy atom. The molecule has 0 aliphatic rings. The number of alkyl halides is 3. The number of hydrogen-bond acceptors (Lipinski definition) is 3. The van der Waals surface area contributed by atoms with E-state index < -0.39 is 39.2 Å². The molecule has 0 bridgehead atoms. The maximum absolute atomic E-state index is 12.1. The molecule has 0 heterocycles. The average Bonchev–Trinajstić information content (AvgIpc) is 1.72. The van der Waals surface area contributed by atoms with Gasteiger partial charge in [-0.2, -0.15) is 0 Å². The van der Waals surface area contributed by atoms with Gasteiger partial charge in [-0.1, -0.05) is 0 Å². The second-order valence-electron chi connectivity index (χ2n) is 5.11. The van der Waals surface area contributed by atoms with Crippen LogP contribution in [-0.4, -0.2) is 44.3 Å². The zero-order valence-electron chi connectivity index (χ0n) is 9.88. The molecule has 0 amide bonds. The summed E-state index contributed by atoms with van der Waals surface area (Å²) in [4.78, 5) is 0. The summed E-state index contributed by atoms with van der Waals surface area (Å²) in [5.74, 6) is 5.99. The fourth-order valence-electron chi connectivity index (χ4n) is 1.35. The van der Waals surface area contributed by atoms with Gasteiger partial charge in [0.25, 0.3) is 0 Å². The normalized spacial score (nSPS) is 16.2. The van der Waals surface area contributed by atoms with Crippen molar-refractivity contribution in [2.75, 3.05) is 17.1 Å². The van der Waals surface area contributed by atoms with Crippen molar-refractivity contribution in [2.45, 2.75) is 22.8 Å². The van der Waals surface area contributed by atoms with Gasteiger partial charge in [-0.3, -0.25) is 0 Å². The predicted octanol–water partition coefficient (Wildman–Crippen LogP) is 2.71. The third-order valence-corrected chi connectivity index (χ3v) is 15.5. The molecule has 0 spiro atoms. The van der Waals surface area contributed by atoms with E-state index in [0.29, 0.717) is 4.59 Å². The fourth-order valence-corrected chi connectivity index (χ4v) is 19.9. The number of hydrogen-bond donors (Lipinski definition) is 0. The molecule has 0 atom stereocenters. The second kappa shape index (κ2) is 4.70. The van der Waals surface area contributed by atoms with Crippen LogP contribution in [0.1, 0.15) is 0 Å². The van der Waals surface area contributed by atoms with E-state index in [-0.39, 0.29) is 0 Å². The molecule has 0 saturated carbocycles. The Balaban J connectivity index is 4.87. The molecule has 3 nitrogen and oxygen atoms in total. The first-order chi connectivity index (χ1) is 6.66. The van der Waals surface area contributed by atoms with Crippen molar-refractivity contribution in [2.24, 2.45) is 0 Å². The van der Waals surface area contributed by atoms with Crippen LogP contribution in [0.5, 0.6) is 0 Å². The van der Waals surface area contributed by atoms with Crippen LogP contribution in [0, 0.1) is 0 Å². The van der Waals surface area contributed by atoms with Gasteiger partial charge in [-0.25, -0.2) is 0 Å². The Morgan fingerprint density at radius 2 is 1.50 bits per heavy atom. The summed E-state index contributed by atoms with van der Waals surface area (Å²) < 4.78 is 62.8. The SMILES string of the molecule is CS(C)([CH2][Ge]([CH3])([CH3])[CH3])OS(=O)(=O)C(F)(F)F. The van der Waals surface area contributed by atoms with Gasteiger partial charge in [-0.05, 0) is 0 Å². The monoisotopic (exact) mass is 344 g/mol. The first-order valence-electron chi connectivity index (χ1n) is 4.40. The molecule has 0 radical (unpaired) electrons. The molecule has 0 aliphatic heterocycles. The quantitative estimate of drug-likeness (QED) is 0.582. The zero-order valence-corrected chi connectivity index (χ0v) is 13.6. The van der Waals surface area contributed by atoms with E-state index in [0.717, 1.165) is 0 Å². The van der Waals surface area contributed by atoms with Crippen LogP contribution in [-0.2, 0) is 13.7 Å². The molecule has 16 heavy (non-hydrogen) atoms. The Labute approximate surface area is 98.7 Å². The van der Waals surface area contributed by atoms with Crippen LogP contribution < -0.4 is 0 Å². The van der Waals surface area contributed by atoms with Gasteiger partial charge in [0.15, 0.2) is 0 Å². The summed E-state index contributed by atoms with van der Waals surface area (Å²) in [5, 5.41) is 0. The van der Waals surface area contributed by atoms with Crippen molar-refractivity contribution < 1.29 is 25.2 Å².